The summed E-state index contributed by atoms with van der Waals surface area (Å²) >= 11 is 0. The summed E-state index contributed by atoms with van der Waals surface area (Å²) in [5, 5.41) is 3.53. The minimum absolute atomic E-state index is 0.0900. The molecule has 2 heterocycles. The molecule has 0 aliphatic carbocycles. The van der Waals surface area contributed by atoms with Crippen LogP contribution in [0.15, 0.2) is 48.8 Å². The maximum absolute atomic E-state index is 13.7. The van der Waals surface area contributed by atoms with Gasteiger partial charge in [-0.25, -0.2) is 4.39 Å². The van der Waals surface area contributed by atoms with Crippen LogP contribution in [0, 0.1) is 11.7 Å². The van der Waals surface area contributed by atoms with Gasteiger partial charge in [-0.1, -0.05) is 24.3 Å². The van der Waals surface area contributed by atoms with Gasteiger partial charge < -0.3 is 5.32 Å². The molecule has 1 saturated heterocycles. The molecule has 0 amide bonds. The van der Waals surface area contributed by atoms with Crippen LogP contribution in [0.2, 0.25) is 0 Å². The van der Waals surface area contributed by atoms with Crippen molar-refractivity contribution in [1.29, 1.82) is 0 Å². The monoisotopic (exact) mass is 313 g/mol. The van der Waals surface area contributed by atoms with Crippen LogP contribution in [0.3, 0.4) is 0 Å². The normalized spacial score (nSPS) is 16.6. The van der Waals surface area contributed by atoms with E-state index in [9.17, 15) is 4.39 Å². The Hall–Kier alpha value is -1.78. The number of rotatable bonds is 6. The molecule has 0 unspecified atom stereocenters. The van der Waals surface area contributed by atoms with Crippen molar-refractivity contribution < 1.29 is 4.39 Å². The highest BCUT2D eigenvalue weighted by Gasteiger charge is 2.19. The molecule has 1 aromatic carbocycles. The van der Waals surface area contributed by atoms with Gasteiger partial charge in [-0.05, 0) is 56.1 Å². The lowest BCUT2D eigenvalue weighted by Gasteiger charge is -2.32. The molecule has 3 nitrogen and oxygen atoms in total. The Morgan fingerprint density at radius 1 is 1.13 bits per heavy atom. The van der Waals surface area contributed by atoms with Crippen molar-refractivity contribution in [1.82, 2.24) is 15.2 Å². The van der Waals surface area contributed by atoms with Crippen molar-refractivity contribution in [3.05, 3.63) is 65.7 Å². The second-order valence-corrected chi connectivity index (χ2v) is 6.30. The van der Waals surface area contributed by atoms with Crippen LogP contribution in [-0.2, 0) is 13.1 Å². The summed E-state index contributed by atoms with van der Waals surface area (Å²) in [4.78, 5) is 6.49. The Balaban J connectivity index is 1.38. The summed E-state index contributed by atoms with van der Waals surface area (Å²) < 4.78 is 13.7. The van der Waals surface area contributed by atoms with Crippen LogP contribution in [0.1, 0.15) is 24.0 Å². The highest BCUT2D eigenvalue weighted by Crippen LogP contribution is 2.19. The van der Waals surface area contributed by atoms with Crippen LogP contribution in [0.5, 0.6) is 0 Å². The fourth-order valence-corrected chi connectivity index (χ4v) is 3.14. The molecule has 0 radical (unpaired) electrons. The highest BCUT2D eigenvalue weighted by molar-refractivity contribution is 5.17. The number of aromatic nitrogens is 1. The number of hydrogen-bond acceptors (Lipinski definition) is 3. The average molecular weight is 313 g/mol. The van der Waals surface area contributed by atoms with E-state index in [0.29, 0.717) is 5.92 Å². The van der Waals surface area contributed by atoms with Crippen LogP contribution >= 0.6 is 0 Å². The van der Waals surface area contributed by atoms with Crippen LogP contribution in [-0.4, -0.2) is 29.5 Å². The smallest absolute Gasteiger partial charge is 0.127 e. The lowest BCUT2D eigenvalue weighted by Crippen LogP contribution is -2.37. The van der Waals surface area contributed by atoms with Gasteiger partial charge in [0.2, 0.25) is 0 Å². The quantitative estimate of drug-likeness (QED) is 0.887. The molecule has 122 valence electrons. The van der Waals surface area contributed by atoms with Crippen molar-refractivity contribution in [3.63, 3.8) is 0 Å². The summed E-state index contributed by atoms with van der Waals surface area (Å²) in [5.74, 6) is 0.622. The number of hydrogen-bond donors (Lipinski definition) is 1. The first kappa shape index (κ1) is 16.1. The van der Waals surface area contributed by atoms with E-state index in [-0.39, 0.29) is 5.82 Å². The molecule has 1 aliphatic heterocycles. The van der Waals surface area contributed by atoms with Gasteiger partial charge >= 0.3 is 0 Å². The van der Waals surface area contributed by atoms with E-state index in [1.807, 2.05) is 24.4 Å². The van der Waals surface area contributed by atoms with Crippen LogP contribution in [0.25, 0.3) is 0 Å². The summed E-state index contributed by atoms with van der Waals surface area (Å²) in [7, 11) is 0. The lowest BCUT2D eigenvalue weighted by molar-refractivity contribution is 0.173. The lowest BCUT2D eigenvalue weighted by atomic mass is 9.96. The molecule has 4 heteroatoms. The van der Waals surface area contributed by atoms with E-state index in [0.717, 1.165) is 38.3 Å². The van der Waals surface area contributed by atoms with Gasteiger partial charge in [0.05, 0.1) is 0 Å². The molecule has 3 rings (SSSR count). The summed E-state index contributed by atoms with van der Waals surface area (Å²) in [6, 6.07) is 11.2. The number of likely N-dealkylation sites (tertiary alicyclic amines) is 1. The predicted molar refractivity (Wildman–Crippen MR) is 90.3 cm³/mol. The Morgan fingerprint density at radius 3 is 2.70 bits per heavy atom. The third-order valence-corrected chi connectivity index (χ3v) is 4.54. The molecule has 0 atom stereocenters. The van der Waals surface area contributed by atoms with E-state index in [1.165, 1.54) is 18.4 Å². The molecule has 1 aromatic heterocycles. The van der Waals surface area contributed by atoms with E-state index < -0.39 is 0 Å². The van der Waals surface area contributed by atoms with Gasteiger partial charge in [0, 0.05) is 31.0 Å². The highest BCUT2D eigenvalue weighted by atomic mass is 19.1. The maximum Gasteiger partial charge on any atom is 0.127 e. The Kier molecular flexibility index (Phi) is 5.72. The molecule has 0 bridgehead atoms. The van der Waals surface area contributed by atoms with Gasteiger partial charge in [-0.2, -0.15) is 0 Å². The van der Waals surface area contributed by atoms with E-state index in [4.69, 9.17) is 0 Å². The number of nitrogens with one attached hydrogen (secondary N) is 1. The molecule has 1 fully saturated rings. The molecule has 1 aliphatic rings. The van der Waals surface area contributed by atoms with Gasteiger partial charge in [0.1, 0.15) is 5.82 Å². The third-order valence-electron chi connectivity index (χ3n) is 4.54. The first-order valence-corrected chi connectivity index (χ1v) is 8.36. The minimum atomic E-state index is -0.0900. The number of piperidine rings is 1. The molecule has 0 spiro atoms. The first-order valence-electron chi connectivity index (χ1n) is 8.36. The first-order chi connectivity index (χ1) is 11.3. The molecule has 23 heavy (non-hydrogen) atoms. The number of pyridine rings is 1. The van der Waals surface area contributed by atoms with Crippen molar-refractivity contribution >= 4 is 0 Å². The third kappa shape index (κ3) is 4.85. The van der Waals surface area contributed by atoms with Gasteiger partial charge in [0.25, 0.3) is 0 Å². The molecule has 0 saturated carbocycles. The fraction of sp³-hybridized carbons (Fsp3) is 0.421. The van der Waals surface area contributed by atoms with Crippen molar-refractivity contribution in [2.75, 3.05) is 19.6 Å². The standard InChI is InChI=1S/C19H24FN3/c20-19-6-2-1-5-18(19)15-23-10-7-16(8-11-23)12-22-14-17-4-3-9-21-13-17/h1-6,9,13,16,22H,7-8,10-12,14-15H2. The summed E-state index contributed by atoms with van der Waals surface area (Å²) in [6.07, 6.45) is 6.06. The number of halogens is 1. The van der Waals surface area contributed by atoms with Crippen molar-refractivity contribution in [2.45, 2.75) is 25.9 Å². The van der Waals surface area contributed by atoms with Crippen LogP contribution < -0.4 is 5.32 Å². The number of nitrogens with zero attached hydrogens (tertiary/aromatic N) is 2. The zero-order chi connectivity index (χ0) is 15.9. The largest absolute Gasteiger partial charge is 0.312 e. The zero-order valence-corrected chi connectivity index (χ0v) is 13.4. The molecule has 2 aromatic rings. The maximum atomic E-state index is 13.7. The second-order valence-electron chi connectivity index (χ2n) is 6.30. The predicted octanol–water partition coefficient (Wildman–Crippen LogP) is 3.22. The molecule has 1 N–H and O–H groups in total. The molecular formula is C19H24FN3. The minimum Gasteiger partial charge on any atom is -0.312 e. The fourth-order valence-electron chi connectivity index (χ4n) is 3.14. The topological polar surface area (TPSA) is 28.2 Å². The van der Waals surface area contributed by atoms with E-state index in [2.05, 4.69) is 21.3 Å². The van der Waals surface area contributed by atoms with Gasteiger partial charge in [0.15, 0.2) is 0 Å². The van der Waals surface area contributed by atoms with Crippen molar-refractivity contribution in [3.8, 4) is 0 Å². The number of benzene rings is 1. The van der Waals surface area contributed by atoms with Crippen LogP contribution in [0.4, 0.5) is 4.39 Å². The van der Waals surface area contributed by atoms with Gasteiger partial charge in [-0.15, -0.1) is 0 Å². The Morgan fingerprint density at radius 2 is 1.96 bits per heavy atom. The second kappa shape index (κ2) is 8.18. The van der Waals surface area contributed by atoms with Crippen molar-refractivity contribution in [2.24, 2.45) is 5.92 Å². The van der Waals surface area contributed by atoms with E-state index in [1.54, 1.807) is 18.3 Å². The zero-order valence-electron chi connectivity index (χ0n) is 13.4. The van der Waals surface area contributed by atoms with E-state index >= 15 is 0 Å². The summed E-state index contributed by atoms with van der Waals surface area (Å²) in [6.45, 7) is 4.75. The Labute approximate surface area is 137 Å². The Bertz CT molecular complexity index is 595. The SMILES string of the molecule is Fc1ccccc1CN1CCC(CNCc2cccnc2)CC1. The summed E-state index contributed by atoms with van der Waals surface area (Å²) in [5.41, 5.74) is 2.03. The van der Waals surface area contributed by atoms with Gasteiger partial charge in [-0.3, -0.25) is 9.88 Å². The average Bonchev–Trinajstić information content (AvgIpc) is 2.59. The molecular weight excluding hydrogens is 289 g/mol.